The van der Waals surface area contributed by atoms with Gasteiger partial charge in [0, 0.05) is 18.0 Å². The van der Waals surface area contributed by atoms with Crippen molar-refractivity contribution < 1.29 is 9.53 Å². The molecule has 0 aliphatic carbocycles. The van der Waals surface area contributed by atoms with Crippen molar-refractivity contribution in [1.82, 2.24) is 4.98 Å². The molecular formula is C11H12N2O2. The molecule has 4 nitrogen and oxygen atoms in total. The van der Waals surface area contributed by atoms with Crippen LogP contribution >= 0.6 is 0 Å². The van der Waals surface area contributed by atoms with E-state index in [1.54, 1.807) is 14.2 Å². The Morgan fingerprint density at radius 3 is 2.87 bits per heavy atom. The van der Waals surface area contributed by atoms with E-state index in [4.69, 9.17) is 4.74 Å². The van der Waals surface area contributed by atoms with Gasteiger partial charge in [-0.2, -0.15) is 0 Å². The molecule has 15 heavy (non-hydrogen) atoms. The zero-order valence-electron chi connectivity index (χ0n) is 8.63. The number of hydrogen-bond donors (Lipinski definition) is 2. The van der Waals surface area contributed by atoms with Gasteiger partial charge in [-0.3, -0.25) is 4.79 Å². The fourth-order valence-corrected chi connectivity index (χ4v) is 1.68. The molecule has 0 radical (unpaired) electrons. The van der Waals surface area contributed by atoms with Crippen LogP contribution in [0.5, 0.6) is 5.75 Å². The van der Waals surface area contributed by atoms with Gasteiger partial charge < -0.3 is 15.0 Å². The topological polar surface area (TPSA) is 54.1 Å². The summed E-state index contributed by atoms with van der Waals surface area (Å²) in [4.78, 5) is 13.8. The Morgan fingerprint density at radius 1 is 1.47 bits per heavy atom. The largest absolute Gasteiger partial charge is 0.497 e. The van der Waals surface area contributed by atoms with Crippen molar-refractivity contribution in [3.8, 4) is 5.75 Å². The Balaban J connectivity index is 2.73. The zero-order valence-corrected chi connectivity index (χ0v) is 8.63. The average Bonchev–Trinajstić information content (AvgIpc) is 2.65. The number of aldehydes is 1. The van der Waals surface area contributed by atoms with Gasteiger partial charge in [0.25, 0.3) is 0 Å². The van der Waals surface area contributed by atoms with Crippen molar-refractivity contribution in [3.05, 3.63) is 23.9 Å². The molecule has 1 aromatic heterocycles. The standard InChI is InChI=1S/C11H12N2O2/c1-12-11-8-5-7(15-2)3-4-9(8)13-10(11)6-14/h3-6,12-13H,1-2H3. The molecule has 4 heteroatoms. The lowest BCUT2D eigenvalue weighted by Crippen LogP contribution is -1.91. The van der Waals surface area contributed by atoms with E-state index in [-0.39, 0.29) is 0 Å². The predicted octanol–water partition coefficient (Wildman–Crippen LogP) is 2.03. The van der Waals surface area contributed by atoms with Crippen LogP contribution in [0.15, 0.2) is 18.2 Å². The van der Waals surface area contributed by atoms with Gasteiger partial charge in [-0.05, 0) is 18.2 Å². The molecule has 0 spiro atoms. The van der Waals surface area contributed by atoms with E-state index in [1.165, 1.54) is 0 Å². The Bertz CT molecular complexity index is 503. The number of fused-ring (bicyclic) bond motifs is 1. The van der Waals surface area contributed by atoms with Gasteiger partial charge in [0.2, 0.25) is 0 Å². The number of aromatic nitrogens is 1. The number of rotatable bonds is 3. The third-order valence-corrected chi connectivity index (χ3v) is 2.40. The SMILES string of the molecule is CNc1c(C=O)[nH]c2ccc(OC)cc12. The van der Waals surface area contributed by atoms with Crippen molar-refractivity contribution in [2.75, 3.05) is 19.5 Å². The molecule has 0 saturated heterocycles. The number of anilines is 1. The molecule has 0 fully saturated rings. The van der Waals surface area contributed by atoms with E-state index < -0.39 is 0 Å². The Morgan fingerprint density at radius 2 is 2.27 bits per heavy atom. The molecule has 1 heterocycles. The van der Waals surface area contributed by atoms with Crippen molar-refractivity contribution >= 4 is 22.9 Å². The number of H-pyrrole nitrogens is 1. The minimum absolute atomic E-state index is 0.556. The van der Waals surface area contributed by atoms with E-state index in [9.17, 15) is 4.79 Å². The Labute approximate surface area is 87.2 Å². The summed E-state index contributed by atoms with van der Waals surface area (Å²) in [5, 5.41) is 3.96. The Hall–Kier alpha value is -1.97. The second-order valence-electron chi connectivity index (χ2n) is 3.19. The van der Waals surface area contributed by atoms with Crippen LogP contribution < -0.4 is 10.1 Å². The summed E-state index contributed by atoms with van der Waals surface area (Å²) in [7, 11) is 3.41. The van der Waals surface area contributed by atoms with Gasteiger partial charge in [-0.25, -0.2) is 0 Å². The second kappa shape index (κ2) is 3.65. The van der Waals surface area contributed by atoms with E-state index in [0.717, 1.165) is 28.6 Å². The lowest BCUT2D eigenvalue weighted by Gasteiger charge is -2.01. The van der Waals surface area contributed by atoms with Gasteiger partial charge >= 0.3 is 0 Å². The monoisotopic (exact) mass is 204 g/mol. The highest BCUT2D eigenvalue weighted by Crippen LogP contribution is 2.29. The number of aromatic amines is 1. The first-order chi connectivity index (χ1) is 7.30. The summed E-state index contributed by atoms with van der Waals surface area (Å²) in [5.41, 5.74) is 2.28. The number of ether oxygens (including phenoxy) is 1. The molecule has 0 unspecified atom stereocenters. The molecule has 0 atom stereocenters. The van der Waals surface area contributed by atoms with Crippen LogP contribution in [0.25, 0.3) is 10.9 Å². The first kappa shape index (κ1) is 9.58. The number of carbonyl (C=O) groups excluding carboxylic acids is 1. The number of nitrogens with one attached hydrogen (secondary N) is 2. The fraction of sp³-hybridized carbons (Fsp3) is 0.182. The lowest BCUT2D eigenvalue weighted by molar-refractivity contribution is 0.112. The van der Waals surface area contributed by atoms with Crippen LogP contribution in [0, 0.1) is 0 Å². The minimum atomic E-state index is 0.556. The van der Waals surface area contributed by atoms with Crippen molar-refractivity contribution in [3.63, 3.8) is 0 Å². The molecule has 2 aromatic rings. The summed E-state index contributed by atoms with van der Waals surface area (Å²) >= 11 is 0. The van der Waals surface area contributed by atoms with Crippen molar-refractivity contribution in [2.45, 2.75) is 0 Å². The molecule has 2 N–H and O–H groups in total. The zero-order chi connectivity index (χ0) is 10.8. The minimum Gasteiger partial charge on any atom is -0.497 e. The number of methoxy groups -OCH3 is 1. The maximum atomic E-state index is 10.8. The van der Waals surface area contributed by atoms with Crippen molar-refractivity contribution in [2.24, 2.45) is 0 Å². The molecule has 0 aliphatic rings. The molecular weight excluding hydrogens is 192 g/mol. The third-order valence-electron chi connectivity index (χ3n) is 2.40. The Kier molecular flexibility index (Phi) is 2.33. The highest BCUT2D eigenvalue weighted by molar-refractivity contribution is 6.02. The second-order valence-corrected chi connectivity index (χ2v) is 3.19. The van der Waals surface area contributed by atoms with E-state index in [1.807, 2.05) is 18.2 Å². The first-order valence-corrected chi connectivity index (χ1v) is 4.62. The molecule has 2 rings (SSSR count). The smallest absolute Gasteiger partial charge is 0.168 e. The van der Waals surface area contributed by atoms with Crippen LogP contribution in [0.4, 0.5) is 5.69 Å². The van der Waals surface area contributed by atoms with E-state index in [2.05, 4.69) is 10.3 Å². The fourth-order valence-electron chi connectivity index (χ4n) is 1.68. The highest BCUT2D eigenvalue weighted by Gasteiger charge is 2.09. The lowest BCUT2D eigenvalue weighted by atomic mass is 10.2. The number of benzene rings is 1. The van der Waals surface area contributed by atoms with Gasteiger partial charge in [-0.1, -0.05) is 0 Å². The summed E-state index contributed by atoms with van der Waals surface area (Å²) in [6.45, 7) is 0. The quantitative estimate of drug-likeness (QED) is 0.752. The van der Waals surface area contributed by atoms with E-state index in [0.29, 0.717) is 5.69 Å². The summed E-state index contributed by atoms with van der Waals surface area (Å²) in [6, 6.07) is 5.64. The van der Waals surface area contributed by atoms with Crippen molar-refractivity contribution in [1.29, 1.82) is 0 Å². The highest BCUT2D eigenvalue weighted by atomic mass is 16.5. The maximum absolute atomic E-state index is 10.8. The molecule has 0 amide bonds. The molecule has 0 saturated carbocycles. The first-order valence-electron chi connectivity index (χ1n) is 4.62. The van der Waals surface area contributed by atoms with Crippen LogP contribution in [0.3, 0.4) is 0 Å². The average molecular weight is 204 g/mol. The summed E-state index contributed by atoms with van der Waals surface area (Å²) in [5.74, 6) is 0.774. The van der Waals surface area contributed by atoms with Crippen LogP contribution in [-0.4, -0.2) is 25.4 Å². The summed E-state index contributed by atoms with van der Waals surface area (Å²) in [6.07, 6.45) is 0.804. The van der Waals surface area contributed by atoms with Gasteiger partial charge in [0.1, 0.15) is 11.4 Å². The van der Waals surface area contributed by atoms with Gasteiger partial charge in [0.15, 0.2) is 6.29 Å². The number of hydrogen-bond acceptors (Lipinski definition) is 3. The molecule has 0 aliphatic heterocycles. The predicted molar refractivity (Wildman–Crippen MR) is 59.8 cm³/mol. The molecule has 0 bridgehead atoms. The number of carbonyl (C=O) groups is 1. The normalized spacial score (nSPS) is 10.3. The van der Waals surface area contributed by atoms with Gasteiger partial charge in [0.05, 0.1) is 12.8 Å². The summed E-state index contributed by atoms with van der Waals surface area (Å²) < 4.78 is 5.13. The van der Waals surface area contributed by atoms with Crippen LogP contribution in [-0.2, 0) is 0 Å². The van der Waals surface area contributed by atoms with Crippen LogP contribution in [0.2, 0.25) is 0 Å². The molecule has 78 valence electrons. The third kappa shape index (κ3) is 1.44. The molecule has 1 aromatic carbocycles. The maximum Gasteiger partial charge on any atom is 0.168 e. The van der Waals surface area contributed by atoms with Gasteiger partial charge in [-0.15, -0.1) is 0 Å². The van der Waals surface area contributed by atoms with E-state index >= 15 is 0 Å². The van der Waals surface area contributed by atoms with Crippen LogP contribution in [0.1, 0.15) is 10.5 Å².